The molecule has 0 aliphatic heterocycles. The maximum atomic E-state index is 11.1. The summed E-state index contributed by atoms with van der Waals surface area (Å²) in [5.41, 5.74) is 1.16. The van der Waals surface area contributed by atoms with Crippen LogP contribution in [0.5, 0.6) is 0 Å². The van der Waals surface area contributed by atoms with Crippen molar-refractivity contribution in [2.45, 2.75) is 33.7 Å². The van der Waals surface area contributed by atoms with Crippen LogP contribution in [-0.2, 0) is 11.3 Å². The van der Waals surface area contributed by atoms with Crippen LogP contribution in [0.3, 0.4) is 0 Å². The van der Waals surface area contributed by atoms with Crippen LogP contribution < -0.4 is 0 Å². The maximum Gasteiger partial charge on any atom is 0.210 e. The van der Waals surface area contributed by atoms with Gasteiger partial charge in [0, 0.05) is 19.6 Å². The lowest BCUT2D eigenvalue weighted by Crippen LogP contribution is -2.25. The number of hydrogen-bond acceptors (Lipinski definition) is 2. The van der Waals surface area contributed by atoms with E-state index in [0.29, 0.717) is 6.54 Å². The third-order valence-electron chi connectivity index (χ3n) is 2.81. The third kappa shape index (κ3) is 8.69. The molecule has 0 fully saturated rings. The predicted octanol–water partition coefficient (Wildman–Crippen LogP) is 4.04. The topological polar surface area (TPSA) is 23.6 Å². The lowest BCUT2D eigenvalue weighted by atomic mass is 10.2. The second kappa shape index (κ2) is 13.0. The monoisotopic (exact) mass is 288 g/mol. The number of carbonyl (C=O) groups excluding carboxylic acids is 1. The van der Waals surface area contributed by atoms with E-state index in [0.717, 1.165) is 31.5 Å². The molecule has 1 rings (SSSR count). The van der Waals surface area contributed by atoms with Gasteiger partial charge in [-0.3, -0.25) is 4.79 Å². The molecule has 0 spiro atoms. The van der Waals surface area contributed by atoms with Gasteiger partial charge >= 0.3 is 0 Å². The van der Waals surface area contributed by atoms with Crippen molar-refractivity contribution in [3.63, 3.8) is 0 Å². The molecule has 0 radical (unpaired) electrons. The molecule has 21 heavy (non-hydrogen) atoms. The first-order valence-corrected chi connectivity index (χ1v) is 7.54. The molecule has 0 saturated carbocycles. The Morgan fingerprint density at radius 3 is 2.33 bits per heavy atom. The van der Waals surface area contributed by atoms with Gasteiger partial charge in [0.25, 0.3) is 0 Å². The largest absolute Gasteiger partial charge is 0.355 e. The molecule has 0 heterocycles. The van der Waals surface area contributed by atoms with Gasteiger partial charge in [-0.05, 0) is 31.3 Å². The van der Waals surface area contributed by atoms with Gasteiger partial charge in [-0.1, -0.05) is 56.8 Å². The van der Waals surface area contributed by atoms with Crippen molar-refractivity contribution < 1.29 is 4.79 Å². The van der Waals surface area contributed by atoms with Crippen LogP contribution in [-0.4, -0.2) is 29.3 Å². The van der Waals surface area contributed by atoms with E-state index in [1.165, 1.54) is 0 Å². The van der Waals surface area contributed by atoms with Gasteiger partial charge in [0.15, 0.2) is 0 Å². The van der Waals surface area contributed by atoms with Gasteiger partial charge < -0.3 is 9.80 Å². The fraction of sp³-hybridized carbons (Fsp3) is 0.389. The van der Waals surface area contributed by atoms with Crippen LogP contribution in [0.4, 0.5) is 0 Å². The Hall–Kier alpha value is -2.03. The number of allylic oxidation sites excluding steroid dienone is 1. The van der Waals surface area contributed by atoms with Crippen molar-refractivity contribution in [1.82, 2.24) is 9.80 Å². The summed E-state index contributed by atoms with van der Waals surface area (Å²) in [5, 5.41) is 0. The minimum Gasteiger partial charge on any atom is -0.355 e. The molecule has 1 amide bonds. The number of nitrogens with zero attached hydrogens (tertiary/aromatic N) is 2. The van der Waals surface area contributed by atoms with Crippen molar-refractivity contribution >= 4 is 6.41 Å². The van der Waals surface area contributed by atoms with E-state index >= 15 is 0 Å². The number of carbonyl (C=O) groups is 1. The Morgan fingerprint density at radius 2 is 1.81 bits per heavy atom. The fourth-order valence-electron chi connectivity index (χ4n) is 1.86. The van der Waals surface area contributed by atoms with E-state index in [1.807, 2.05) is 68.3 Å². The molecule has 0 saturated heterocycles. The Kier molecular flexibility index (Phi) is 11.7. The van der Waals surface area contributed by atoms with E-state index in [9.17, 15) is 4.79 Å². The minimum absolute atomic E-state index is 0.669. The second-order valence-corrected chi connectivity index (χ2v) is 4.32. The van der Waals surface area contributed by atoms with E-state index in [4.69, 9.17) is 0 Å². The molecule has 1 aromatic rings. The Labute approximate surface area is 129 Å². The van der Waals surface area contributed by atoms with Crippen molar-refractivity contribution in [2.24, 2.45) is 0 Å². The van der Waals surface area contributed by atoms with E-state index in [-0.39, 0.29) is 0 Å². The molecular formula is C18H28N2O. The molecular weight excluding hydrogens is 260 g/mol. The van der Waals surface area contributed by atoms with Crippen molar-refractivity contribution in [3.8, 4) is 0 Å². The van der Waals surface area contributed by atoms with Crippen molar-refractivity contribution in [3.05, 3.63) is 61.0 Å². The Bertz CT molecular complexity index is 401. The summed E-state index contributed by atoms with van der Waals surface area (Å²) in [7, 11) is 0. The molecule has 116 valence electrons. The zero-order chi connectivity index (χ0) is 15.9. The molecule has 3 nitrogen and oxygen atoms in total. The van der Waals surface area contributed by atoms with Gasteiger partial charge in [0.05, 0.1) is 0 Å². The van der Waals surface area contributed by atoms with Gasteiger partial charge in [0.1, 0.15) is 0 Å². The zero-order valence-corrected chi connectivity index (χ0v) is 13.5. The smallest absolute Gasteiger partial charge is 0.210 e. The molecule has 1 aromatic carbocycles. The van der Waals surface area contributed by atoms with Gasteiger partial charge in [0.2, 0.25) is 6.41 Å². The average Bonchev–Trinajstić information content (AvgIpc) is 2.55. The summed E-state index contributed by atoms with van der Waals surface area (Å²) >= 11 is 0. The van der Waals surface area contributed by atoms with E-state index in [1.54, 1.807) is 11.1 Å². The molecule has 0 atom stereocenters. The summed E-state index contributed by atoms with van der Waals surface area (Å²) in [6.07, 6.45) is 7.59. The molecule has 0 N–H and O–H groups in total. The first kappa shape index (κ1) is 19.0. The highest BCUT2D eigenvalue weighted by Gasteiger charge is 2.03. The summed E-state index contributed by atoms with van der Waals surface area (Å²) in [4.78, 5) is 14.9. The van der Waals surface area contributed by atoms with Crippen LogP contribution in [0.2, 0.25) is 0 Å². The zero-order valence-electron chi connectivity index (χ0n) is 13.5. The first-order chi connectivity index (χ1) is 10.3. The molecule has 0 aromatic heterocycles. The van der Waals surface area contributed by atoms with Crippen LogP contribution in [0.25, 0.3) is 0 Å². The molecule has 0 unspecified atom stereocenters. The lowest BCUT2D eigenvalue weighted by molar-refractivity contribution is -0.118. The van der Waals surface area contributed by atoms with E-state index in [2.05, 4.69) is 6.58 Å². The molecule has 3 heteroatoms. The molecule has 0 aliphatic carbocycles. The SMILES string of the molecule is C=CN(/C=C\C)CCCN(C=O)Cc1ccccc1.CC. The first-order valence-electron chi connectivity index (χ1n) is 7.54. The van der Waals surface area contributed by atoms with Gasteiger partial charge in [-0.2, -0.15) is 0 Å². The predicted molar refractivity (Wildman–Crippen MR) is 90.6 cm³/mol. The van der Waals surface area contributed by atoms with Gasteiger partial charge in [-0.15, -0.1) is 0 Å². The Morgan fingerprint density at radius 1 is 1.14 bits per heavy atom. The van der Waals surface area contributed by atoms with Crippen molar-refractivity contribution in [2.75, 3.05) is 13.1 Å². The van der Waals surface area contributed by atoms with Crippen LogP contribution >= 0.6 is 0 Å². The number of amides is 1. The highest BCUT2D eigenvalue weighted by Crippen LogP contribution is 2.04. The van der Waals surface area contributed by atoms with Crippen LogP contribution in [0.1, 0.15) is 32.8 Å². The quantitative estimate of drug-likeness (QED) is 0.640. The minimum atomic E-state index is 0.669. The summed E-state index contributed by atoms with van der Waals surface area (Å²) in [6, 6.07) is 10.0. The fourth-order valence-corrected chi connectivity index (χ4v) is 1.86. The summed E-state index contributed by atoms with van der Waals surface area (Å²) in [5.74, 6) is 0. The third-order valence-corrected chi connectivity index (χ3v) is 2.81. The van der Waals surface area contributed by atoms with Gasteiger partial charge in [-0.25, -0.2) is 0 Å². The lowest BCUT2D eigenvalue weighted by Gasteiger charge is -2.20. The highest BCUT2D eigenvalue weighted by atomic mass is 16.1. The Balaban J connectivity index is 0.00000191. The van der Waals surface area contributed by atoms with E-state index < -0.39 is 0 Å². The highest BCUT2D eigenvalue weighted by molar-refractivity contribution is 5.47. The van der Waals surface area contributed by atoms with Crippen LogP contribution in [0.15, 0.2) is 55.4 Å². The second-order valence-electron chi connectivity index (χ2n) is 4.32. The maximum absolute atomic E-state index is 11.1. The number of benzene rings is 1. The summed E-state index contributed by atoms with van der Waals surface area (Å²) in [6.45, 7) is 12.0. The number of rotatable bonds is 9. The standard InChI is InChI=1S/C16H22N2O.C2H6/c1-3-11-17(4-2)12-8-13-18(15-19)14-16-9-6-5-7-10-16;1-2/h3-7,9-11,15H,2,8,12-14H2,1H3;1-2H3/b11-3-;. The number of hydrogen-bond donors (Lipinski definition) is 0. The molecule has 0 bridgehead atoms. The average molecular weight is 288 g/mol. The van der Waals surface area contributed by atoms with Crippen LogP contribution in [0, 0.1) is 0 Å². The summed E-state index contributed by atoms with van der Waals surface area (Å²) < 4.78 is 0. The normalized spacial score (nSPS) is 9.67. The van der Waals surface area contributed by atoms with Crippen molar-refractivity contribution in [1.29, 1.82) is 0 Å². The molecule has 0 aliphatic rings.